The zero-order valence-electron chi connectivity index (χ0n) is 13.9. The van der Waals surface area contributed by atoms with Gasteiger partial charge >= 0.3 is 0 Å². The van der Waals surface area contributed by atoms with E-state index in [4.69, 9.17) is 9.72 Å². The number of nitrogens with zero attached hydrogens (tertiary/aromatic N) is 4. The number of ether oxygens (including phenoxy) is 1. The van der Waals surface area contributed by atoms with Gasteiger partial charge in [0.25, 0.3) is 0 Å². The second kappa shape index (κ2) is 7.03. The lowest BCUT2D eigenvalue weighted by Crippen LogP contribution is -2.38. The number of rotatable bonds is 6. The molecule has 1 N–H and O–H groups in total. The second-order valence-corrected chi connectivity index (χ2v) is 7.48. The highest BCUT2D eigenvalue weighted by Crippen LogP contribution is 2.41. The first kappa shape index (κ1) is 15.8. The zero-order chi connectivity index (χ0) is 16.4. The monoisotopic (exact) mass is 345 g/mol. The molecule has 0 bridgehead atoms. The smallest absolute Gasteiger partial charge is 0.218 e. The fourth-order valence-corrected chi connectivity index (χ4v) is 4.10. The molecule has 128 valence electrons. The lowest BCUT2D eigenvalue weighted by molar-refractivity contribution is 0.209. The predicted octanol–water partition coefficient (Wildman–Crippen LogP) is 2.90. The third-order valence-corrected chi connectivity index (χ3v) is 5.73. The highest BCUT2D eigenvalue weighted by molar-refractivity contribution is 7.09. The number of thiazole rings is 1. The van der Waals surface area contributed by atoms with Gasteiger partial charge in [0.2, 0.25) is 5.88 Å². The van der Waals surface area contributed by atoms with E-state index >= 15 is 0 Å². The Labute approximate surface area is 146 Å². The Morgan fingerprint density at radius 2 is 2.08 bits per heavy atom. The second-order valence-electron chi connectivity index (χ2n) is 6.59. The van der Waals surface area contributed by atoms with Crippen molar-refractivity contribution in [1.82, 2.24) is 19.9 Å². The maximum absolute atomic E-state index is 5.15. The van der Waals surface area contributed by atoms with Crippen LogP contribution in [0.3, 0.4) is 0 Å². The summed E-state index contributed by atoms with van der Waals surface area (Å²) in [5.74, 6) is 2.21. The molecule has 6 nitrogen and oxygen atoms in total. The molecule has 0 amide bonds. The van der Waals surface area contributed by atoms with Gasteiger partial charge in [-0.1, -0.05) is 0 Å². The molecular weight excluding hydrogens is 322 g/mol. The summed E-state index contributed by atoms with van der Waals surface area (Å²) < 4.78 is 5.15. The van der Waals surface area contributed by atoms with Gasteiger partial charge in [-0.15, -0.1) is 11.3 Å². The molecule has 24 heavy (non-hydrogen) atoms. The van der Waals surface area contributed by atoms with Gasteiger partial charge in [0.1, 0.15) is 12.1 Å². The van der Waals surface area contributed by atoms with Gasteiger partial charge in [-0.25, -0.2) is 15.0 Å². The third-order valence-electron chi connectivity index (χ3n) is 4.67. The van der Waals surface area contributed by atoms with Crippen LogP contribution in [0.4, 0.5) is 5.82 Å². The Hall–Kier alpha value is -1.73. The number of hydrogen-bond acceptors (Lipinski definition) is 7. The number of nitrogens with one attached hydrogen (secondary N) is 1. The molecule has 4 rings (SSSR count). The standard InChI is InChI=1S/C17H23N5OS/c1-23-16-8-15(18-11-19-16)20-13-4-6-22(7-5-13)9-14-10-24-17(21-14)12-2-3-12/h8,10-13H,2-7,9H2,1H3,(H,18,19,20). The molecule has 2 aliphatic rings. The number of anilines is 1. The molecule has 1 saturated carbocycles. The van der Waals surface area contributed by atoms with Crippen LogP contribution in [-0.2, 0) is 6.54 Å². The number of hydrogen-bond donors (Lipinski definition) is 1. The summed E-state index contributed by atoms with van der Waals surface area (Å²) in [5, 5.41) is 7.08. The number of likely N-dealkylation sites (tertiary alicyclic amines) is 1. The largest absolute Gasteiger partial charge is 0.481 e. The van der Waals surface area contributed by atoms with Crippen molar-refractivity contribution in [2.24, 2.45) is 0 Å². The summed E-state index contributed by atoms with van der Waals surface area (Å²) in [7, 11) is 1.62. The quantitative estimate of drug-likeness (QED) is 0.868. The van der Waals surface area contributed by atoms with Crippen LogP contribution in [0, 0.1) is 0 Å². The molecule has 1 aliphatic heterocycles. The minimum atomic E-state index is 0.457. The van der Waals surface area contributed by atoms with Gasteiger partial charge in [0, 0.05) is 43.0 Å². The van der Waals surface area contributed by atoms with E-state index in [1.54, 1.807) is 7.11 Å². The molecule has 2 aromatic rings. The van der Waals surface area contributed by atoms with Crippen LogP contribution < -0.4 is 10.1 Å². The van der Waals surface area contributed by atoms with Crippen LogP contribution >= 0.6 is 11.3 Å². The third kappa shape index (κ3) is 3.84. The van der Waals surface area contributed by atoms with E-state index < -0.39 is 0 Å². The lowest BCUT2D eigenvalue weighted by Gasteiger charge is -2.32. The molecule has 7 heteroatoms. The maximum Gasteiger partial charge on any atom is 0.218 e. The fraction of sp³-hybridized carbons (Fsp3) is 0.588. The number of piperidine rings is 1. The van der Waals surface area contributed by atoms with E-state index in [-0.39, 0.29) is 0 Å². The molecule has 2 aromatic heterocycles. The molecule has 2 fully saturated rings. The van der Waals surface area contributed by atoms with Crippen molar-refractivity contribution in [2.75, 3.05) is 25.5 Å². The Morgan fingerprint density at radius 1 is 1.25 bits per heavy atom. The van der Waals surface area contributed by atoms with Crippen molar-refractivity contribution < 1.29 is 4.74 Å². The van der Waals surface area contributed by atoms with Crippen LogP contribution in [0.1, 0.15) is 42.3 Å². The molecule has 1 saturated heterocycles. The van der Waals surface area contributed by atoms with Gasteiger partial charge in [0.15, 0.2) is 0 Å². The Kier molecular flexibility index (Phi) is 4.62. The summed E-state index contributed by atoms with van der Waals surface area (Å²) in [6.07, 6.45) is 6.43. The van der Waals surface area contributed by atoms with Gasteiger partial charge in [-0.05, 0) is 25.7 Å². The van der Waals surface area contributed by atoms with E-state index in [1.165, 1.54) is 29.9 Å². The minimum Gasteiger partial charge on any atom is -0.481 e. The summed E-state index contributed by atoms with van der Waals surface area (Å²) in [5.41, 5.74) is 1.24. The summed E-state index contributed by atoms with van der Waals surface area (Å²) in [4.78, 5) is 15.6. The van der Waals surface area contributed by atoms with Gasteiger partial charge in [-0.3, -0.25) is 4.90 Å². The molecule has 0 atom stereocenters. The Morgan fingerprint density at radius 3 is 2.83 bits per heavy atom. The number of methoxy groups -OCH3 is 1. The Balaban J connectivity index is 1.26. The fourth-order valence-electron chi connectivity index (χ4n) is 3.12. The molecule has 1 aliphatic carbocycles. The van der Waals surface area contributed by atoms with Crippen LogP contribution in [0.5, 0.6) is 5.88 Å². The SMILES string of the molecule is COc1cc(NC2CCN(Cc3csc(C4CC4)n3)CC2)ncn1. The topological polar surface area (TPSA) is 63.2 Å². The van der Waals surface area contributed by atoms with E-state index in [2.05, 4.69) is 25.6 Å². The molecule has 0 spiro atoms. The van der Waals surface area contributed by atoms with E-state index in [9.17, 15) is 0 Å². The van der Waals surface area contributed by atoms with Crippen molar-refractivity contribution in [2.45, 2.75) is 44.2 Å². The number of aromatic nitrogens is 3. The van der Waals surface area contributed by atoms with Crippen molar-refractivity contribution in [3.05, 3.63) is 28.5 Å². The average molecular weight is 345 g/mol. The summed E-state index contributed by atoms with van der Waals surface area (Å²) in [6.45, 7) is 3.17. The van der Waals surface area contributed by atoms with Crippen molar-refractivity contribution >= 4 is 17.2 Å². The van der Waals surface area contributed by atoms with E-state index in [1.807, 2.05) is 17.4 Å². The first-order chi connectivity index (χ1) is 11.8. The summed E-state index contributed by atoms with van der Waals surface area (Å²) in [6, 6.07) is 2.31. The van der Waals surface area contributed by atoms with Crippen LogP contribution in [0.25, 0.3) is 0 Å². The first-order valence-corrected chi connectivity index (χ1v) is 9.47. The minimum absolute atomic E-state index is 0.457. The molecule has 0 radical (unpaired) electrons. The molecule has 0 unspecified atom stereocenters. The van der Waals surface area contributed by atoms with Gasteiger partial charge in [-0.2, -0.15) is 0 Å². The van der Waals surface area contributed by atoms with E-state index in [0.717, 1.165) is 44.2 Å². The highest BCUT2D eigenvalue weighted by atomic mass is 32.1. The normalized spacial score (nSPS) is 19.4. The molecule has 3 heterocycles. The van der Waals surface area contributed by atoms with Crippen molar-refractivity contribution in [3.8, 4) is 5.88 Å². The zero-order valence-corrected chi connectivity index (χ0v) is 14.8. The lowest BCUT2D eigenvalue weighted by atomic mass is 10.0. The molecular formula is C17H23N5OS. The van der Waals surface area contributed by atoms with Crippen LogP contribution in [0.15, 0.2) is 17.8 Å². The van der Waals surface area contributed by atoms with Crippen molar-refractivity contribution in [3.63, 3.8) is 0 Å². The highest BCUT2D eigenvalue weighted by Gasteiger charge is 2.27. The van der Waals surface area contributed by atoms with Crippen LogP contribution in [0.2, 0.25) is 0 Å². The average Bonchev–Trinajstić information content (AvgIpc) is 3.37. The van der Waals surface area contributed by atoms with E-state index in [0.29, 0.717) is 11.9 Å². The Bertz CT molecular complexity index is 679. The maximum atomic E-state index is 5.15. The van der Waals surface area contributed by atoms with Crippen LogP contribution in [-0.4, -0.2) is 46.1 Å². The first-order valence-electron chi connectivity index (χ1n) is 8.59. The van der Waals surface area contributed by atoms with Crippen molar-refractivity contribution in [1.29, 1.82) is 0 Å². The summed E-state index contributed by atoms with van der Waals surface area (Å²) >= 11 is 1.84. The van der Waals surface area contributed by atoms with Gasteiger partial charge in [0.05, 0.1) is 17.8 Å². The van der Waals surface area contributed by atoms with Gasteiger partial charge < -0.3 is 10.1 Å². The predicted molar refractivity (Wildman–Crippen MR) is 94.6 cm³/mol. The molecule has 0 aromatic carbocycles.